The third-order valence-corrected chi connectivity index (χ3v) is 3.56. The molecule has 0 bridgehead atoms. The minimum Gasteiger partial charge on any atom is -0.423 e. The van der Waals surface area contributed by atoms with Gasteiger partial charge in [0.1, 0.15) is 5.75 Å². The maximum Gasteiger partial charge on any atom is 0.343 e. The molecular formula is C20H14ClNO2. The molecule has 0 radical (unpaired) electrons. The standard InChI is InChI=1S/C20H14ClNO2/c21-18-3-1-2-17(14-18)20(23)24-19-8-6-15(7-9-19)4-5-16-10-12-22-13-11-16/h1-14H/b5-4+. The van der Waals surface area contributed by atoms with Crippen LogP contribution in [0.5, 0.6) is 5.75 Å². The molecule has 0 aliphatic heterocycles. The Morgan fingerprint density at radius 3 is 2.25 bits per heavy atom. The summed E-state index contributed by atoms with van der Waals surface area (Å²) in [5, 5.41) is 0.501. The zero-order valence-corrected chi connectivity index (χ0v) is 13.5. The molecule has 3 nitrogen and oxygen atoms in total. The summed E-state index contributed by atoms with van der Waals surface area (Å²) in [7, 11) is 0. The number of aromatic nitrogens is 1. The maximum atomic E-state index is 12.1. The van der Waals surface area contributed by atoms with Crippen molar-refractivity contribution in [3.63, 3.8) is 0 Å². The zero-order chi connectivity index (χ0) is 16.8. The first-order valence-electron chi connectivity index (χ1n) is 7.37. The highest BCUT2D eigenvalue weighted by molar-refractivity contribution is 6.30. The van der Waals surface area contributed by atoms with Crippen LogP contribution < -0.4 is 4.74 Å². The fraction of sp³-hybridized carbons (Fsp3) is 0. The van der Waals surface area contributed by atoms with E-state index in [1.165, 1.54) is 0 Å². The molecule has 24 heavy (non-hydrogen) atoms. The second kappa shape index (κ2) is 7.57. The van der Waals surface area contributed by atoms with Gasteiger partial charge in [0.2, 0.25) is 0 Å². The van der Waals surface area contributed by atoms with Crippen molar-refractivity contribution in [1.82, 2.24) is 4.98 Å². The van der Waals surface area contributed by atoms with E-state index >= 15 is 0 Å². The molecule has 3 aromatic rings. The molecule has 0 spiro atoms. The molecule has 0 fully saturated rings. The molecule has 0 amide bonds. The van der Waals surface area contributed by atoms with Gasteiger partial charge in [-0.3, -0.25) is 4.98 Å². The first kappa shape index (κ1) is 16.0. The summed E-state index contributed by atoms with van der Waals surface area (Å²) in [6.07, 6.45) is 7.47. The van der Waals surface area contributed by atoms with Crippen LogP contribution in [0.25, 0.3) is 12.2 Å². The van der Waals surface area contributed by atoms with Crippen LogP contribution in [0.1, 0.15) is 21.5 Å². The van der Waals surface area contributed by atoms with Crippen LogP contribution in [0.15, 0.2) is 73.1 Å². The molecule has 118 valence electrons. The van der Waals surface area contributed by atoms with E-state index < -0.39 is 5.97 Å². The number of carbonyl (C=O) groups is 1. The molecule has 0 aliphatic rings. The molecule has 2 aromatic carbocycles. The average molecular weight is 336 g/mol. The largest absolute Gasteiger partial charge is 0.423 e. The van der Waals surface area contributed by atoms with Gasteiger partial charge in [0, 0.05) is 17.4 Å². The smallest absolute Gasteiger partial charge is 0.343 e. The molecule has 0 aliphatic carbocycles. The van der Waals surface area contributed by atoms with Gasteiger partial charge in [0.25, 0.3) is 0 Å². The van der Waals surface area contributed by atoms with Gasteiger partial charge in [0.05, 0.1) is 5.56 Å². The Morgan fingerprint density at radius 1 is 0.917 bits per heavy atom. The van der Waals surface area contributed by atoms with Crippen LogP contribution in [-0.2, 0) is 0 Å². The van der Waals surface area contributed by atoms with Crippen molar-refractivity contribution in [2.45, 2.75) is 0 Å². The minimum atomic E-state index is -0.433. The van der Waals surface area contributed by atoms with E-state index in [4.69, 9.17) is 16.3 Å². The SMILES string of the molecule is O=C(Oc1ccc(/C=C/c2ccncc2)cc1)c1cccc(Cl)c1. The molecular weight excluding hydrogens is 322 g/mol. The van der Waals surface area contributed by atoms with Crippen molar-refractivity contribution in [1.29, 1.82) is 0 Å². The lowest BCUT2D eigenvalue weighted by molar-refractivity contribution is 0.0735. The second-order valence-corrected chi connectivity index (χ2v) is 5.52. The quantitative estimate of drug-likeness (QED) is 0.490. The van der Waals surface area contributed by atoms with Gasteiger partial charge in [0.15, 0.2) is 0 Å². The zero-order valence-electron chi connectivity index (χ0n) is 12.7. The summed E-state index contributed by atoms with van der Waals surface area (Å²) in [5.74, 6) is 0.0543. The van der Waals surface area contributed by atoms with Crippen molar-refractivity contribution in [2.24, 2.45) is 0 Å². The van der Waals surface area contributed by atoms with E-state index in [9.17, 15) is 4.79 Å². The topological polar surface area (TPSA) is 39.2 Å². The van der Waals surface area contributed by atoms with Crippen molar-refractivity contribution in [3.8, 4) is 5.75 Å². The van der Waals surface area contributed by atoms with Gasteiger partial charge in [-0.1, -0.05) is 42.0 Å². The van der Waals surface area contributed by atoms with Crippen LogP contribution in [0.2, 0.25) is 5.02 Å². The number of hydrogen-bond donors (Lipinski definition) is 0. The summed E-state index contributed by atoms with van der Waals surface area (Å²) in [5.41, 5.74) is 2.50. The van der Waals surface area contributed by atoms with Crippen molar-refractivity contribution >= 4 is 29.7 Å². The first-order chi connectivity index (χ1) is 11.7. The molecule has 0 saturated heterocycles. The fourth-order valence-corrected chi connectivity index (χ4v) is 2.29. The molecule has 4 heteroatoms. The highest BCUT2D eigenvalue weighted by Gasteiger charge is 2.08. The normalized spacial score (nSPS) is 10.7. The molecule has 0 N–H and O–H groups in total. The highest BCUT2D eigenvalue weighted by Crippen LogP contribution is 2.17. The second-order valence-electron chi connectivity index (χ2n) is 5.08. The molecule has 0 unspecified atom stereocenters. The highest BCUT2D eigenvalue weighted by atomic mass is 35.5. The molecule has 3 rings (SSSR count). The van der Waals surface area contributed by atoms with E-state index in [1.807, 2.05) is 36.4 Å². The summed E-state index contributed by atoms with van der Waals surface area (Å²) < 4.78 is 5.34. The number of halogens is 1. The number of esters is 1. The van der Waals surface area contributed by atoms with Crippen LogP contribution in [0.4, 0.5) is 0 Å². The third kappa shape index (κ3) is 4.31. The lowest BCUT2D eigenvalue weighted by Crippen LogP contribution is -2.08. The number of nitrogens with zero attached hydrogens (tertiary/aromatic N) is 1. The van der Waals surface area contributed by atoms with Crippen LogP contribution in [0.3, 0.4) is 0 Å². The predicted octanol–water partition coefficient (Wildman–Crippen LogP) is 5.12. The summed E-state index contributed by atoms with van der Waals surface area (Å²) >= 11 is 5.88. The van der Waals surface area contributed by atoms with E-state index in [0.717, 1.165) is 11.1 Å². The Kier molecular flexibility index (Phi) is 5.04. The maximum absolute atomic E-state index is 12.1. The molecule has 0 saturated carbocycles. The average Bonchev–Trinajstić information content (AvgIpc) is 2.62. The van der Waals surface area contributed by atoms with Crippen molar-refractivity contribution in [3.05, 3.63) is 94.8 Å². The summed E-state index contributed by atoms with van der Waals surface area (Å²) in [4.78, 5) is 16.0. The Balaban J connectivity index is 1.66. The van der Waals surface area contributed by atoms with Gasteiger partial charge in [-0.2, -0.15) is 0 Å². The van der Waals surface area contributed by atoms with Gasteiger partial charge < -0.3 is 4.74 Å². The van der Waals surface area contributed by atoms with Gasteiger partial charge in [-0.05, 0) is 53.6 Å². The number of carbonyl (C=O) groups excluding carboxylic acids is 1. The minimum absolute atomic E-state index is 0.421. The lowest BCUT2D eigenvalue weighted by Gasteiger charge is -2.05. The third-order valence-electron chi connectivity index (χ3n) is 3.33. The fourth-order valence-electron chi connectivity index (χ4n) is 2.10. The summed E-state index contributed by atoms with van der Waals surface area (Å²) in [6, 6.07) is 17.8. The van der Waals surface area contributed by atoms with E-state index in [2.05, 4.69) is 4.98 Å². The van der Waals surface area contributed by atoms with E-state index in [-0.39, 0.29) is 0 Å². The number of ether oxygens (including phenoxy) is 1. The van der Waals surface area contributed by atoms with Crippen LogP contribution >= 0.6 is 11.6 Å². The van der Waals surface area contributed by atoms with Gasteiger partial charge in [-0.25, -0.2) is 4.79 Å². The Hall–Kier alpha value is -2.91. The number of pyridine rings is 1. The Morgan fingerprint density at radius 2 is 1.58 bits per heavy atom. The summed E-state index contributed by atoms with van der Waals surface area (Å²) in [6.45, 7) is 0. The van der Waals surface area contributed by atoms with E-state index in [1.54, 1.807) is 48.8 Å². The van der Waals surface area contributed by atoms with Crippen LogP contribution in [0, 0.1) is 0 Å². The molecule has 0 atom stereocenters. The Bertz CT molecular complexity index is 858. The van der Waals surface area contributed by atoms with E-state index in [0.29, 0.717) is 16.3 Å². The molecule has 1 heterocycles. The lowest BCUT2D eigenvalue weighted by atomic mass is 10.1. The van der Waals surface area contributed by atoms with Crippen molar-refractivity contribution in [2.75, 3.05) is 0 Å². The van der Waals surface area contributed by atoms with Gasteiger partial charge >= 0.3 is 5.97 Å². The Labute approximate surface area is 145 Å². The number of benzene rings is 2. The number of hydrogen-bond acceptors (Lipinski definition) is 3. The predicted molar refractivity (Wildman–Crippen MR) is 96.0 cm³/mol. The first-order valence-corrected chi connectivity index (χ1v) is 7.74. The van der Waals surface area contributed by atoms with Crippen LogP contribution in [-0.4, -0.2) is 11.0 Å². The molecule has 1 aromatic heterocycles. The number of rotatable bonds is 4. The monoisotopic (exact) mass is 335 g/mol. The van der Waals surface area contributed by atoms with Crippen molar-refractivity contribution < 1.29 is 9.53 Å². The van der Waals surface area contributed by atoms with Gasteiger partial charge in [-0.15, -0.1) is 0 Å².